The standard InChI is InChI=1S/C26H34N2O2/c1-3-4-17-27(2)26(30)23-15-18-28(19-16-23)25(29)20-24(21-11-7-5-8-12-21)22-13-9-6-10-14-22/h5-14,23-24H,3-4,15-20H2,1-2H3. The van der Waals surface area contributed by atoms with Gasteiger partial charge in [-0.25, -0.2) is 0 Å². The third kappa shape index (κ3) is 5.71. The van der Waals surface area contributed by atoms with Gasteiger partial charge in [0.1, 0.15) is 0 Å². The molecule has 2 amide bonds. The highest BCUT2D eigenvalue weighted by atomic mass is 16.2. The number of carbonyl (C=O) groups excluding carboxylic acids is 2. The second-order valence-electron chi connectivity index (χ2n) is 8.35. The average Bonchev–Trinajstić information content (AvgIpc) is 2.81. The lowest BCUT2D eigenvalue weighted by Crippen LogP contribution is -2.44. The van der Waals surface area contributed by atoms with E-state index in [-0.39, 0.29) is 23.7 Å². The quantitative estimate of drug-likeness (QED) is 0.637. The first-order valence-corrected chi connectivity index (χ1v) is 11.2. The van der Waals surface area contributed by atoms with Crippen molar-refractivity contribution < 1.29 is 9.59 Å². The summed E-state index contributed by atoms with van der Waals surface area (Å²) in [6, 6.07) is 20.5. The van der Waals surface area contributed by atoms with Crippen molar-refractivity contribution in [2.75, 3.05) is 26.7 Å². The molecule has 1 fully saturated rings. The summed E-state index contributed by atoms with van der Waals surface area (Å²) in [5.41, 5.74) is 2.33. The number of likely N-dealkylation sites (tertiary alicyclic amines) is 1. The Kier molecular flexibility index (Phi) is 8.06. The third-order valence-corrected chi connectivity index (χ3v) is 6.20. The zero-order chi connectivity index (χ0) is 21.3. The Morgan fingerprint density at radius 1 is 0.967 bits per heavy atom. The molecule has 0 bridgehead atoms. The van der Waals surface area contributed by atoms with Gasteiger partial charge in [0.25, 0.3) is 0 Å². The molecule has 4 nitrogen and oxygen atoms in total. The van der Waals surface area contributed by atoms with Gasteiger partial charge in [0.05, 0.1) is 0 Å². The van der Waals surface area contributed by atoms with E-state index in [1.807, 2.05) is 53.2 Å². The fourth-order valence-corrected chi connectivity index (χ4v) is 4.30. The van der Waals surface area contributed by atoms with E-state index < -0.39 is 0 Å². The maximum Gasteiger partial charge on any atom is 0.225 e. The maximum absolute atomic E-state index is 13.1. The van der Waals surface area contributed by atoms with Crippen molar-refractivity contribution in [1.29, 1.82) is 0 Å². The Morgan fingerprint density at radius 3 is 2.00 bits per heavy atom. The molecule has 2 aromatic carbocycles. The molecule has 0 unspecified atom stereocenters. The highest BCUT2D eigenvalue weighted by Gasteiger charge is 2.30. The number of unbranched alkanes of at least 4 members (excludes halogenated alkanes) is 1. The minimum absolute atomic E-state index is 0.0509. The van der Waals surface area contributed by atoms with Crippen LogP contribution in [0.1, 0.15) is 56.1 Å². The minimum atomic E-state index is 0.0509. The highest BCUT2D eigenvalue weighted by Crippen LogP contribution is 2.29. The molecule has 30 heavy (non-hydrogen) atoms. The van der Waals surface area contributed by atoms with E-state index in [0.717, 1.165) is 32.2 Å². The Morgan fingerprint density at radius 2 is 1.50 bits per heavy atom. The molecule has 1 heterocycles. The average molecular weight is 407 g/mol. The number of nitrogens with zero attached hydrogens (tertiary/aromatic N) is 2. The van der Waals surface area contributed by atoms with Gasteiger partial charge in [-0.1, -0.05) is 74.0 Å². The molecule has 0 saturated carbocycles. The lowest BCUT2D eigenvalue weighted by atomic mass is 9.87. The number of hydrogen-bond donors (Lipinski definition) is 0. The van der Waals surface area contributed by atoms with Crippen LogP contribution in [0.25, 0.3) is 0 Å². The van der Waals surface area contributed by atoms with Gasteiger partial charge in [-0.3, -0.25) is 9.59 Å². The first-order valence-electron chi connectivity index (χ1n) is 11.2. The van der Waals surface area contributed by atoms with Crippen LogP contribution in [0, 0.1) is 5.92 Å². The molecule has 1 saturated heterocycles. The van der Waals surface area contributed by atoms with E-state index in [9.17, 15) is 9.59 Å². The molecule has 160 valence electrons. The van der Waals surface area contributed by atoms with Gasteiger partial charge in [-0.2, -0.15) is 0 Å². The molecule has 3 rings (SSSR count). The molecule has 0 radical (unpaired) electrons. The van der Waals surface area contributed by atoms with Gasteiger partial charge in [0.2, 0.25) is 11.8 Å². The largest absolute Gasteiger partial charge is 0.346 e. The summed E-state index contributed by atoms with van der Waals surface area (Å²) >= 11 is 0. The van der Waals surface area contributed by atoms with Crippen LogP contribution in [0.3, 0.4) is 0 Å². The second-order valence-corrected chi connectivity index (χ2v) is 8.35. The normalized spacial score (nSPS) is 14.7. The summed E-state index contributed by atoms with van der Waals surface area (Å²) in [5.74, 6) is 0.523. The van der Waals surface area contributed by atoms with E-state index in [0.29, 0.717) is 19.5 Å². The molecule has 0 spiro atoms. The van der Waals surface area contributed by atoms with E-state index in [4.69, 9.17) is 0 Å². The van der Waals surface area contributed by atoms with Crippen molar-refractivity contribution in [3.63, 3.8) is 0 Å². The number of piperidine rings is 1. The Labute approximate surface area is 180 Å². The van der Waals surface area contributed by atoms with Crippen LogP contribution in [-0.4, -0.2) is 48.3 Å². The molecule has 2 aromatic rings. The summed E-state index contributed by atoms with van der Waals surface area (Å²) in [5, 5.41) is 0. The van der Waals surface area contributed by atoms with Crippen molar-refractivity contribution in [2.45, 2.75) is 44.9 Å². The predicted molar refractivity (Wildman–Crippen MR) is 121 cm³/mol. The molecule has 0 N–H and O–H groups in total. The summed E-state index contributed by atoms with van der Waals surface area (Å²) in [6.45, 7) is 4.31. The number of amides is 2. The van der Waals surface area contributed by atoms with E-state index >= 15 is 0 Å². The fourth-order valence-electron chi connectivity index (χ4n) is 4.30. The zero-order valence-corrected chi connectivity index (χ0v) is 18.3. The lowest BCUT2D eigenvalue weighted by molar-refractivity contribution is -0.140. The van der Waals surface area contributed by atoms with Crippen LogP contribution >= 0.6 is 0 Å². The summed E-state index contributed by atoms with van der Waals surface area (Å²) in [4.78, 5) is 29.6. The molecular formula is C26H34N2O2. The second kappa shape index (κ2) is 11.0. The predicted octanol–water partition coefficient (Wildman–Crippen LogP) is 4.71. The zero-order valence-electron chi connectivity index (χ0n) is 18.3. The SMILES string of the molecule is CCCCN(C)C(=O)C1CCN(C(=O)CC(c2ccccc2)c2ccccc2)CC1. The number of rotatable bonds is 8. The molecule has 4 heteroatoms. The summed E-state index contributed by atoms with van der Waals surface area (Å²) in [6.07, 6.45) is 4.13. The lowest BCUT2D eigenvalue weighted by Gasteiger charge is -2.34. The van der Waals surface area contributed by atoms with Crippen LogP contribution in [0.5, 0.6) is 0 Å². The van der Waals surface area contributed by atoms with E-state index in [1.54, 1.807) is 0 Å². The highest BCUT2D eigenvalue weighted by molar-refractivity contribution is 5.80. The van der Waals surface area contributed by atoms with Crippen LogP contribution in [-0.2, 0) is 9.59 Å². The van der Waals surface area contributed by atoms with E-state index in [1.165, 1.54) is 11.1 Å². The molecule has 0 atom stereocenters. The summed E-state index contributed by atoms with van der Waals surface area (Å²) < 4.78 is 0. The number of carbonyl (C=O) groups is 2. The van der Waals surface area contributed by atoms with Gasteiger partial charge in [0.15, 0.2) is 0 Å². The fraction of sp³-hybridized carbons (Fsp3) is 0.462. The van der Waals surface area contributed by atoms with Crippen molar-refractivity contribution >= 4 is 11.8 Å². The topological polar surface area (TPSA) is 40.6 Å². The summed E-state index contributed by atoms with van der Waals surface area (Å²) in [7, 11) is 1.90. The van der Waals surface area contributed by atoms with E-state index in [2.05, 4.69) is 31.2 Å². The first-order chi connectivity index (χ1) is 14.6. The minimum Gasteiger partial charge on any atom is -0.346 e. The van der Waals surface area contributed by atoms with Gasteiger partial charge in [-0.05, 0) is 30.4 Å². The molecular weight excluding hydrogens is 372 g/mol. The maximum atomic E-state index is 13.1. The third-order valence-electron chi connectivity index (χ3n) is 6.20. The monoisotopic (exact) mass is 406 g/mol. The molecule has 1 aliphatic rings. The Hall–Kier alpha value is -2.62. The van der Waals surface area contributed by atoms with Gasteiger partial charge in [-0.15, -0.1) is 0 Å². The number of benzene rings is 2. The molecule has 1 aliphatic heterocycles. The first kappa shape index (κ1) is 22.1. The van der Waals surface area contributed by atoms with Gasteiger partial charge >= 0.3 is 0 Å². The molecule has 0 aromatic heterocycles. The molecule has 0 aliphatic carbocycles. The van der Waals surface area contributed by atoms with Gasteiger partial charge < -0.3 is 9.80 Å². The van der Waals surface area contributed by atoms with Crippen molar-refractivity contribution in [3.05, 3.63) is 71.8 Å². The van der Waals surface area contributed by atoms with Crippen LogP contribution in [0.2, 0.25) is 0 Å². The van der Waals surface area contributed by atoms with Crippen molar-refractivity contribution in [3.8, 4) is 0 Å². The van der Waals surface area contributed by atoms with Gasteiger partial charge in [0, 0.05) is 44.9 Å². The van der Waals surface area contributed by atoms with Crippen LogP contribution < -0.4 is 0 Å². The van der Waals surface area contributed by atoms with Crippen molar-refractivity contribution in [1.82, 2.24) is 9.80 Å². The van der Waals surface area contributed by atoms with Crippen LogP contribution in [0.15, 0.2) is 60.7 Å². The Balaban J connectivity index is 1.60. The van der Waals surface area contributed by atoms with Crippen LogP contribution in [0.4, 0.5) is 0 Å². The van der Waals surface area contributed by atoms with Crippen molar-refractivity contribution in [2.24, 2.45) is 5.92 Å². The Bertz CT molecular complexity index is 759. The smallest absolute Gasteiger partial charge is 0.225 e. The number of hydrogen-bond acceptors (Lipinski definition) is 2.